The standard InChI is InChI=1S/C11H10FN3O4/c12-6-2-8-10(9(3-6)15(18)19)5(4-14-8)1-7(13)11(16)17/h2-4,7,14H,1,13H2,(H,16,17)/t7-/m0/s1. The summed E-state index contributed by atoms with van der Waals surface area (Å²) in [6.07, 6.45) is 1.32. The number of nitro benzene ring substituents is 1. The maximum atomic E-state index is 13.2. The van der Waals surface area contributed by atoms with E-state index < -0.39 is 28.4 Å². The molecule has 8 heteroatoms. The highest BCUT2D eigenvalue weighted by Crippen LogP contribution is 2.30. The molecule has 0 saturated carbocycles. The molecule has 19 heavy (non-hydrogen) atoms. The normalized spacial score (nSPS) is 12.5. The van der Waals surface area contributed by atoms with E-state index in [1.165, 1.54) is 6.20 Å². The Morgan fingerprint density at radius 1 is 1.58 bits per heavy atom. The average molecular weight is 267 g/mol. The molecule has 0 radical (unpaired) electrons. The number of nitrogens with zero attached hydrogens (tertiary/aromatic N) is 1. The SMILES string of the molecule is N[C@@H](Cc1c[nH]c2cc(F)cc([N+](=O)[O-])c12)C(=O)O. The van der Waals surface area contributed by atoms with Crippen molar-refractivity contribution in [2.75, 3.05) is 0 Å². The lowest BCUT2D eigenvalue weighted by atomic mass is 10.0. The number of H-pyrrole nitrogens is 1. The second-order valence-corrected chi connectivity index (χ2v) is 4.07. The van der Waals surface area contributed by atoms with Crippen LogP contribution in [-0.2, 0) is 11.2 Å². The molecule has 0 saturated heterocycles. The first kappa shape index (κ1) is 13.0. The fourth-order valence-electron chi connectivity index (χ4n) is 1.91. The maximum absolute atomic E-state index is 13.2. The van der Waals surface area contributed by atoms with Crippen LogP contribution in [0.2, 0.25) is 0 Å². The largest absolute Gasteiger partial charge is 0.480 e. The zero-order valence-corrected chi connectivity index (χ0v) is 9.59. The summed E-state index contributed by atoms with van der Waals surface area (Å²) in [6, 6.07) is 0.730. The Morgan fingerprint density at radius 3 is 2.84 bits per heavy atom. The van der Waals surface area contributed by atoms with Gasteiger partial charge in [-0.15, -0.1) is 0 Å². The van der Waals surface area contributed by atoms with E-state index in [4.69, 9.17) is 10.8 Å². The van der Waals surface area contributed by atoms with Crippen LogP contribution in [0.15, 0.2) is 18.3 Å². The molecular weight excluding hydrogens is 257 g/mol. The van der Waals surface area contributed by atoms with E-state index in [-0.39, 0.29) is 17.3 Å². The van der Waals surface area contributed by atoms with Crippen LogP contribution >= 0.6 is 0 Å². The lowest BCUT2D eigenvalue weighted by Gasteiger charge is -2.05. The van der Waals surface area contributed by atoms with E-state index in [1.54, 1.807) is 0 Å². The Morgan fingerprint density at radius 2 is 2.26 bits per heavy atom. The topological polar surface area (TPSA) is 122 Å². The molecule has 1 heterocycles. The number of aromatic nitrogens is 1. The van der Waals surface area contributed by atoms with Gasteiger partial charge in [0.2, 0.25) is 0 Å². The number of carboxylic acid groups (broad SMARTS) is 1. The van der Waals surface area contributed by atoms with Crippen LogP contribution < -0.4 is 5.73 Å². The number of aliphatic carboxylic acids is 1. The first-order valence-electron chi connectivity index (χ1n) is 5.32. The molecule has 0 spiro atoms. The van der Waals surface area contributed by atoms with Gasteiger partial charge in [-0.2, -0.15) is 0 Å². The highest BCUT2D eigenvalue weighted by Gasteiger charge is 2.22. The maximum Gasteiger partial charge on any atom is 0.320 e. The summed E-state index contributed by atoms with van der Waals surface area (Å²) >= 11 is 0. The summed E-state index contributed by atoms with van der Waals surface area (Å²) < 4.78 is 13.2. The smallest absolute Gasteiger partial charge is 0.320 e. The fraction of sp³-hybridized carbons (Fsp3) is 0.182. The van der Waals surface area contributed by atoms with Crippen molar-refractivity contribution in [1.29, 1.82) is 0 Å². The van der Waals surface area contributed by atoms with Crippen LogP contribution in [0.1, 0.15) is 5.56 Å². The van der Waals surface area contributed by atoms with E-state index in [0.29, 0.717) is 5.56 Å². The van der Waals surface area contributed by atoms with Crippen molar-refractivity contribution in [2.45, 2.75) is 12.5 Å². The Hall–Kier alpha value is -2.48. The molecule has 0 amide bonds. The van der Waals surface area contributed by atoms with E-state index in [2.05, 4.69) is 4.98 Å². The molecule has 0 bridgehead atoms. The van der Waals surface area contributed by atoms with Crippen LogP contribution in [0.25, 0.3) is 10.9 Å². The molecule has 1 aromatic heterocycles. The zero-order valence-electron chi connectivity index (χ0n) is 9.59. The first-order chi connectivity index (χ1) is 8.90. The van der Waals surface area contributed by atoms with E-state index >= 15 is 0 Å². The van der Waals surface area contributed by atoms with Crippen LogP contribution in [0.5, 0.6) is 0 Å². The van der Waals surface area contributed by atoms with Gasteiger partial charge in [0.15, 0.2) is 0 Å². The summed E-state index contributed by atoms with van der Waals surface area (Å²) in [7, 11) is 0. The molecule has 1 aromatic carbocycles. The number of hydrogen-bond donors (Lipinski definition) is 3. The summed E-state index contributed by atoms with van der Waals surface area (Å²) in [5, 5.41) is 19.8. The fourth-order valence-corrected chi connectivity index (χ4v) is 1.91. The molecule has 2 rings (SSSR count). The van der Waals surface area contributed by atoms with Crippen molar-refractivity contribution in [3.05, 3.63) is 39.8 Å². The van der Waals surface area contributed by atoms with Gasteiger partial charge < -0.3 is 15.8 Å². The molecule has 7 nitrogen and oxygen atoms in total. The number of non-ortho nitro benzene ring substituents is 1. The highest BCUT2D eigenvalue weighted by molar-refractivity contribution is 5.92. The Bertz CT molecular complexity index is 667. The van der Waals surface area contributed by atoms with Gasteiger partial charge in [-0.1, -0.05) is 0 Å². The molecule has 2 aromatic rings. The predicted molar refractivity (Wildman–Crippen MR) is 64.2 cm³/mol. The monoisotopic (exact) mass is 267 g/mol. The summed E-state index contributed by atoms with van der Waals surface area (Å²) in [5.74, 6) is -1.95. The van der Waals surface area contributed by atoms with Crippen LogP contribution in [0.4, 0.5) is 10.1 Å². The van der Waals surface area contributed by atoms with Gasteiger partial charge >= 0.3 is 5.97 Å². The number of aromatic amines is 1. The minimum Gasteiger partial charge on any atom is -0.480 e. The molecule has 0 aliphatic heterocycles. The molecule has 0 unspecified atom stereocenters. The zero-order chi connectivity index (χ0) is 14.2. The van der Waals surface area contributed by atoms with Crippen molar-refractivity contribution < 1.29 is 19.2 Å². The van der Waals surface area contributed by atoms with E-state index in [1.807, 2.05) is 0 Å². The van der Waals surface area contributed by atoms with Gasteiger partial charge in [0.25, 0.3) is 5.69 Å². The number of hydrogen-bond acceptors (Lipinski definition) is 4. The lowest BCUT2D eigenvalue weighted by Crippen LogP contribution is -2.32. The number of carboxylic acids is 1. The Labute approximate surface area is 106 Å². The summed E-state index contributed by atoms with van der Waals surface area (Å²) in [6.45, 7) is 0. The van der Waals surface area contributed by atoms with Gasteiger partial charge in [-0.3, -0.25) is 14.9 Å². The summed E-state index contributed by atoms with van der Waals surface area (Å²) in [4.78, 5) is 23.6. The molecule has 4 N–H and O–H groups in total. The molecule has 1 atom stereocenters. The van der Waals surface area contributed by atoms with Crippen molar-refractivity contribution in [2.24, 2.45) is 5.73 Å². The number of benzene rings is 1. The second kappa shape index (κ2) is 4.65. The van der Waals surface area contributed by atoms with Crippen molar-refractivity contribution in [1.82, 2.24) is 4.98 Å². The minimum atomic E-state index is -1.21. The van der Waals surface area contributed by atoms with E-state index in [9.17, 15) is 19.3 Å². The number of carbonyl (C=O) groups is 1. The third-order valence-corrected chi connectivity index (χ3v) is 2.76. The molecule has 0 aliphatic rings. The predicted octanol–water partition coefficient (Wildman–Crippen LogP) is 1.17. The Kier molecular flexibility index (Phi) is 3.17. The number of halogens is 1. The average Bonchev–Trinajstić information content (AvgIpc) is 2.70. The number of nitrogens with one attached hydrogen (secondary N) is 1. The number of nitrogens with two attached hydrogens (primary N) is 1. The highest BCUT2D eigenvalue weighted by atomic mass is 19.1. The molecular formula is C11H10FN3O4. The third kappa shape index (κ3) is 2.38. The van der Waals surface area contributed by atoms with Crippen molar-refractivity contribution in [3.63, 3.8) is 0 Å². The van der Waals surface area contributed by atoms with Gasteiger partial charge in [0, 0.05) is 12.6 Å². The number of fused-ring (bicyclic) bond motifs is 1. The summed E-state index contributed by atoms with van der Waals surface area (Å²) in [5.41, 5.74) is 5.59. The van der Waals surface area contributed by atoms with E-state index in [0.717, 1.165) is 12.1 Å². The first-order valence-corrected chi connectivity index (χ1v) is 5.32. The van der Waals surface area contributed by atoms with Crippen LogP contribution in [-0.4, -0.2) is 27.0 Å². The van der Waals surface area contributed by atoms with Gasteiger partial charge in [0.05, 0.1) is 21.9 Å². The van der Waals surface area contributed by atoms with Crippen molar-refractivity contribution in [3.8, 4) is 0 Å². The number of rotatable bonds is 4. The third-order valence-electron chi connectivity index (χ3n) is 2.76. The van der Waals surface area contributed by atoms with Crippen molar-refractivity contribution >= 4 is 22.6 Å². The number of nitro groups is 1. The molecule has 0 aliphatic carbocycles. The van der Waals surface area contributed by atoms with Crippen LogP contribution in [0, 0.1) is 15.9 Å². The second-order valence-electron chi connectivity index (χ2n) is 4.07. The quantitative estimate of drug-likeness (QED) is 0.566. The van der Waals surface area contributed by atoms with Crippen LogP contribution in [0.3, 0.4) is 0 Å². The van der Waals surface area contributed by atoms with Gasteiger partial charge in [-0.05, 0) is 11.6 Å². The van der Waals surface area contributed by atoms with Gasteiger partial charge in [-0.25, -0.2) is 4.39 Å². The Balaban J connectivity index is 2.57. The molecule has 100 valence electrons. The van der Waals surface area contributed by atoms with Gasteiger partial charge in [0.1, 0.15) is 11.9 Å². The minimum absolute atomic E-state index is 0.0815. The lowest BCUT2D eigenvalue weighted by molar-refractivity contribution is -0.383. The molecule has 0 fully saturated rings.